The van der Waals surface area contributed by atoms with Crippen molar-refractivity contribution in [3.63, 3.8) is 0 Å². The van der Waals surface area contributed by atoms with E-state index in [2.05, 4.69) is 38.2 Å². The molecule has 0 unspecified atom stereocenters. The highest BCUT2D eigenvalue weighted by molar-refractivity contribution is 5.90. The largest absolute Gasteiger partial charge is 0.456 e. The van der Waals surface area contributed by atoms with Crippen LogP contribution in [0.2, 0.25) is 0 Å². The maximum absolute atomic E-state index is 13.0. The molecule has 0 saturated heterocycles. The molecule has 0 aliphatic rings. The SMILES string of the molecule is CCCCC/C=C\C/C=C\C[C@H](OC(=O)c1ccccc1)[C@@H](O)[C@H](O)[C@H](C/C=C\C/C=C\CCCCC)OC(=O)c1ccccc1. The van der Waals surface area contributed by atoms with Crippen LogP contribution in [-0.4, -0.2) is 46.6 Å². The maximum Gasteiger partial charge on any atom is 0.338 e. The lowest BCUT2D eigenvalue weighted by Gasteiger charge is -2.30. The molecule has 4 atom stereocenters. The maximum atomic E-state index is 13.0. The minimum absolute atomic E-state index is 0.179. The molecule has 2 N–H and O–H groups in total. The quantitative estimate of drug-likeness (QED) is 0.0723. The Morgan fingerprint density at radius 3 is 1.30 bits per heavy atom. The van der Waals surface area contributed by atoms with Crippen molar-refractivity contribution in [3.05, 3.63) is 120 Å². The van der Waals surface area contributed by atoms with E-state index in [1.807, 2.05) is 24.3 Å². The van der Waals surface area contributed by atoms with Crippen molar-refractivity contribution in [2.75, 3.05) is 0 Å². The first-order chi connectivity index (χ1) is 22.5. The third kappa shape index (κ3) is 16.0. The van der Waals surface area contributed by atoms with Gasteiger partial charge in [0, 0.05) is 12.8 Å². The Hall–Kier alpha value is -3.74. The van der Waals surface area contributed by atoms with Gasteiger partial charge in [0.15, 0.2) is 0 Å². The Balaban J connectivity index is 2.16. The second-order valence-electron chi connectivity index (χ2n) is 11.4. The van der Waals surface area contributed by atoms with Gasteiger partial charge in [0.05, 0.1) is 11.1 Å². The summed E-state index contributed by atoms with van der Waals surface area (Å²) in [5.41, 5.74) is 0.678. The number of aliphatic hydroxyl groups is 2. The van der Waals surface area contributed by atoms with Crippen LogP contribution in [0, 0.1) is 0 Å². The highest BCUT2D eigenvalue weighted by Crippen LogP contribution is 2.20. The molecule has 0 fully saturated rings. The Bertz CT molecular complexity index is 1110. The molecule has 0 amide bonds. The van der Waals surface area contributed by atoms with Gasteiger partial charge in [0.1, 0.15) is 24.4 Å². The molecule has 2 aromatic rings. The molecule has 250 valence electrons. The number of hydrogen-bond acceptors (Lipinski definition) is 6. The lowest BCUT2D eigenvalue weighted by molar-refractivity contribution is -0.111. The number of unbranched alkanes of at least 4 members (excludes halogenated alkanes) is 6. The number of carbonyl (C=O) groups excluding carboxylic acids is 2. The van der Waals surface area contributed by atoms with Gasteiger partial charge in [-0.05, 0) is 62.8 Å². The molecule has 6 nitrogen and oxygen atoms in total. The standard InChI is InChI=1S/C40H54O6/c1-3-5-7-9-11-13-15-17-25-31-35(45-39(43)33-27-21-19-22-28-33)37(41)38(42)36(46-40(44)34-29-23-20-24-30-34)32-26-18-16-14-12-10-8-6-4-2/h11-14,17-30,35-38,41-42H,3-10,15-16,31-32H2,1-2H3/b13-11-,14-12-,25-17-,26-18-/t35-,36-,37+,38+/m0/s1. The van der Waals surface area contributed by atoms with Gasteiger partial charge in [-0.2, -0.15) is 0 Å². The Labute approximate surface area is 276 Å². The van der Waals surface area contributed by atoms with E-state index in [0.717, 1.165) is 12.8 Å². The van der Waals surface area contributed by atoms with Crippen LogP contribution < -0.4 is 0 Å². The first-order valence-electron chi connectivity index (χ1n) is 17.0. The van der Waals surface area contributed by atoms with Crippen molar-refractivity contribution >= 4 is 11.9 Å². The third-order valence-electron chi connectivity index (χ3n) is 7.54. The van der Waals surface area contributed by atoms with E-state index in [-0.39, 0.29) is 12.8 Å². The van der Waals surface area contributed by atoms with Crippen molar-refractivity contribution in [2.24, 2.45) is 0 Å². The molecular weight excluding hydrogens is 576 g/mol. The number of hydrogen-bond donors (Lipinski definition) is 2. The van der Waals surface area contributed by atoms with Crippen molar-refractivity contribution in [2.45, 2.75) is 115 Å². The van der Waals surface area contributed by atoms with Crippen LogP contribution in [0.1, 0.15) is 112 Å². The van der Waals surface area contributed by atoms with Crippen LogP contribution in [0.4, 0.5) is 0 Å². The summed E-state index contributed by atoms with van der Waals surface area (Å²) >= 11 is 0. The van der Waals surface area contributed by atoms with E-state index in [9.17, 15) is 19.8 Å². The van der Waals surface area contributed by atoms with Crippen molar-refractivity contribution in [1.29, 1.82) is 0 Å². The van der Waals surface area contributed by atoms with Gasteiger partial charge in [-0.3, -0.25) is 0 Å². The topological polar surface area (TPSA) is 93.1 Å². The molecule has 0 bridgehead atoms. The summed E-state index contributed by atoms with van der Waals surface area (Å²) in [6.07, 6.45) is 21.9. The summed E-state index contributed by atoms with van der Waals surface area (Å²) in [4.78, 5) is 26.0. The van der Waals surface area contributed by atoms with Crippen LogP contribution in [0.15, 0.2) is 109 Å². The van der Waals surface area contributed by atoms with Gasteiger partial charge in [-0.15, -0.1) is 0 Å². The highest BCUT2D eigenvalue weighted by atomic mass is 16.6. The van der Waals surface area contributed by atoms with Crippen LogP contribution in [0.3, 0.4) is 0 Å². The molecule has 0 aliphatic carbocycles. The molecule has 0 spiro atoms. The van der Waals surface area contributed by atoms with Crippen molar-refractivity contribution in [3.8, 4) is 0 Å². The number of aliphatic hydroxyl groups excluding tert-OH is 2. The van der Waals surface area contributed by atoms with Gasteiger partial charge in [-0.1, -0.05) is 125 Å². The second kappa shape index (κ2) is 24.5. The zero-order valence-corrected chi connectivity index (χ0v) is 27.7. The number of allylic oxidation sites excluding steroid dienone is 6. The molecule has 6 heteroatoms. The highest BCUT2D eigenvalue weighted by Gasteiger charge is 2.36. The van der Waals surface area contributed by atoms with Crippen molar-refractivity contribution in [1.82, 2.24) is 0 Å². The number of rotatable bonds is 23. The summed E-state index contributed by atoms with van der Waals surface area (Å²) in [7, 11) is 0. The number of ether oxygens (including phenoxy) is 2. The summed E-state index contributed by atoms with van der Waals surface area (Å²) in [5, 5.41) is 22.8. The Kier molecular flexibility index (Phi) is 20.5. The minimum Gasteiger partial charge on any atom is -0.456 e. The van der Waals surface area contributed by atoms with Gasteiger partial charge in [0.25, 0.3) is 0 Å². The molecular formula is C40H54O6. The Morgan fingerprint density at radius 1 is 0.565 bits per heavy atom. The van der Waals surface area contributed by atoms with Gasteiger partial charge >= 0.3 is 11.9 Å². The smallest absolute Gasteiger partial charge is 0.338 e. The normalized spacial score (nSPS) is 14.6. The van der Waals surface area contributed by atoms with Crippen LogP contribution in [0.25, 0.3) is 0 Å². The van der Waals surface area contributed by atoms with Crippen LogP contribution in [0.5, 0.6) is 0 Å². The lowest BCUT2D eigenvalue weighted by Crippen LogP contribution is -2.47. The average Bonchev–Trinajstić information content (AvgIpc) is 3.09. The van der Waals surface area contributed by atoms with Crippen LogP contribution in [-0.2, 0) is 9.47 Å². The summed E-state index contributed by atoms with van der Waals surface area (Å²) in [6.45, 7) is 4.36. The predicted molar refractivity (Wildman–Crippen MR) is 187 cm³/mol. The van der Waals surface area contributed by atoms with Gasteiger partial charge in [-0.25, -0.2) is 9.59 Å². The van der Waals surface area contributed by atoms with Gasteiger partial charge < -0.3 is 19.7 Å². The minimum atomic E-state index is -1.51. The number of esters is 2. The second-order valence-corrected chi connectivity index (χ2v) is 11.4. The zero-order valence-electron chi connectivity index (χ0n) is 27.7. The molecule has 0 heterocycles. The fraction of sp³-hybridized carbons (Fsp3) is 0.450. The molecule has 2 rings (SSSR count). The zero-order chi connectivity index (χ0) is 33.2. The monoisotopic (exact) mass is 630 g/mol. The summed E-state index contributed by atoms with van der Waals surface area (Å²) in [6, 6.07) is 17.1. The van der Waals surface area contributed by atoms with E-state index < -0.39 is 36.4 Å². The molecule has 0 aliphatic heterocycles. The lowest BCUT2D eigenvalue weighted by atomic mass is 9.97. The third-order valence-corrected chi connectivity index (χ3v) is 7.54. The summed E-state index contributed by atoms with van der Waals surface area (Å²) in [5.74, 6) is -1.21. The predicted octanol–water partition coefficient (Wildman–Crippen LogP) is 9.11. The molecule has 0 saturated carbocycles. The number of carbonyl (C=O) groups is 2. The number of benzene rings is 2. The molecule has 2 aromatic carbocycles. The molecule has 0 radical (unpaired) electrons. The molecule has 0 aromatic heterocycles. The fourth-order valence-electron chi connectivity index (χ4n) is 4.78. The van der Waals surface area contributed by atoms with Crippen LogP contribution >= 0.6 is 0 Å². The first-order valence-corrected chi connectivity index (χ1v) is 17.0. The van der Waals surface area contributed by atoms with Crippen molar-refractivity contribution < 1.29 is 29.3 Å². The molecule has 46 heavy (non-hydrogen) atoms. The van der Waals surface area contributed by atoms with E-state index in [1.165, 1.54) is 38.5 Å². The van der Waals surface area contributed by atoms with E-state index in [1.54, 1.807) is 60.7 Å². The van der Waals surface area contributed by atoms with Gasteiger partial charge in [0.2, 0.25) is 0 Å². The summed E-state index contributed by atoms with van der Waals surface area (Å²) < 4.78 is 11.5. The average molecular weight is 631 g/mol. The van der Waals surface area contributed by atoms with E-state index in [0.29, 0.717) is 24.0 Å². The van der Waals surface area contributed by atoms with E-state index in [4.69, 9.17) is 9.47 Å². The van der Waals surface area contributed by atoms with E-state index >= 15 is 0 Å². The Morgan fingerprint density at radius 2 is 0.935 bits per heavy atom. The first kappa shape index (κ1) is 38.4. The fourth-order valence-corrected chi connectivity index (χ4v) is 4.78.